The molecule has 9 heteroatoms. The summed E-state index contributed by atoms with van der Waals surface area (Å²) >= 11 is 1.40. The Balaban J connectivity index is 1.87. The minimum Gasteiger partial charge on any atom is -0.297 e. The van der Waals surface area contributed by atoms with Crippen LogP contribution in [0.3, 0.4) is 0 Å². The van der Waals surface area contributed by atoms with E-state index in [2.05, 4.69) is 30.8 Å². The zero-order valence-corrected chi connectivity index (χ0v) is 8.87. The summed E-state index contributed by atoms with van der Waals surface area (Å²) in [7, 11) is 0. The lowest BCUT2D eigenvalue weighted by Crippen LogP contribution is -2.37. The molecule has 0 aromatic carbocycles. The van der Waals surface area contributed by atoms with Gasteiger partial charge in [-0.1, -0.05) is 11.8 Å². The van der Waals surface area contributed by atoms with E-state index in [9.17, 15) is 9.59 Å². The first-order chi connectivity index (χ1) is 7.75. The fourth-order valence-corrected chi connectivity index (χ4v) is 1.72. The van der Waals surface area contributed by atoms with Crippen LogP contribution in [-0.2, 0) is 9.59 Å². The topological polar surface area (TPSA) is 112 Å². The van der Waals surface area contributed by atoms with E-state index in [1.54, 1.807) is 0 Å². The molecule has 0 fully saturated rings. The van der Waals surface area contributed by atoms with Gasteiger partial charge >= 0.3 is 11.8 Å². The third kappa shape index (κ3) is 2.57. The molecule has 0 aliphatic carbocycles. The zero-order chi connectivity index (χ0) is 11.4. The Morgan fingerprint density at radius 1 is 1.38 bits per heavy atom. The molecule has 0 radical (unpaired) electrons. The largest absolute Gasteiger partial charge is 0.316 e. The molecule has 0 atom stereocenters. The van der Waals surface area contributed by atoms with Crippen molar-refractivity contribution in [2.75, 3.05) is 17.6 Å². The maximum atomic E-state index is 11.3. The monoisotopic (exact) mass is 240 g/mol. The number of nitrogens with one attached hydrogen (secondary N) is 3. The van der Waals surface area contributed by atoms with E-state index in [1.807, 2.05) is 0 Å². The van der Waals surface area contributed by atoms with Gasteiger partial charge in [0, 0.05) is 5.75 Å². The van der Waals surface area contributed by atoms with Crippen LogP contribution in [0.15, 0.2) is 11.3 Å². The average molecular weight is 240 g/mol. The summed E-state index contributed by atoms with van der Waals surface area (Å²) in [6.07, 6.45) is 1.23. The number of amides is 2. The smallest absolute Gasteiger partial charge is 0.297 e. The summed E-state index contributed by atoms with van der Waals surface area (Å²) in [4.78, 5) is 30.3. The van der Waals surface area contributed by atoms with Crippen molar-refractivity contribution in [3.05, 3.63) is 6.33 Å². The number of H-pyrrole nitrogens is 1. The SMILES string of the molecule is O=C(NC1=NCCS1)C(=O)Nc1ncn[nH]1. The molecule has 8 nitrogen and oxygen atoms in total. The predicted octanol–water partition coefficient (Wildman–Crippen LogP) is -1.04. The van der Waals surface area contributed by atoms with Crippen molar-refractivity contribution in [1.29, 1.82) is 0 Å². The number of nitrogens with zero attached hydrogens (tertiary/aromatic N) is 3. The number of hydrogen-bond acceptors (Lipinski definition) is 6. The number of aromatic amines is 1. The molecule has 1 aromatic heterocycles. The fourth-order valence-electron chi connectivity index (χ4n) is 0.995. The number of carbonyl (C=O) groups excluding carboxylic acids is 2. The highest BCUT2D eigenvalue weighted by atomic mass is 32.2. The Kier molecular flexibility index (Phi) is 3.15. The average Bonchev–Trinajstić information content (AvgIpc) is 2.90. The number of hydrogen-bond donors (Lipinski definition) is 3. The lowest BCUT2D eigenvalue weighted by atomic mass is 10.5. The molecule has 84 valence electrons. The number of carbonyl (C=O) groups is 2. The maximum absolute atomic E-state index is 11.3. The van der Waals surface area contributed by atoms with E-state index in [-0.39, 0.29) is 5.95 Å². The highest BCUT2D eigenvalue weighted by molar-refractivity contribution is 8.14. The van der Waals surface area contributed by atoms with Crippen molar-refractivity contribution in [3.63, 3.8) is 0 Å². The molecule has 0 saturated heterocycles. The summed E-state index contributed by atoms with van der Waals surface area (Å²) in [5.74, 6) is -0.642. The molecule has 2 amide bonds. The predicted molar refractivity (Wildman–Crippen MR) is 57.9 cm³/mol. The summed E-state index contributed by atoms with van der Waals surface area (Å²) in [6.45, 7) is 0.657. The number of aliphatic imine (C=N–C) groups is 1. The van der Waals surface area contributed by atoms with Crippen LogP contribution in [0.2, 0.25) is 0 Å². The van der Waals surface area contributed by atoms with Gasteiger partial charge in [0.15, 0.2) is 5.17 Å². The molecule has 16 heavy (non-hydrogen) atoms. The summed E-state index contributed by atoms with van der Waals surface area (Å²) in [5, 5.41) is 11.0. The number of anilines is 1. The van der Waals surface area contributed by atoms with Crippen LogP contribution in [0, 0.1) is 0 Å². The van der Waals surface area contributed by atoms with Crippen molar-refractivity contribution < 1.29 is 9.59 Å². The second-order valence-electron chi connectivity index (χ2n) is 2.78. The second-order valence-corrected chi connectivity index (χ2v) is 3.86. The van der Waals surface area contributed by atoms with Gasteiger partial charge in [-0.05, 0) is 0 Å². The number of amidine groups is 1. The van der Waals surface area contributed by atoms with Crippen LogP contribution in [-0.4, -0.2) is 44.5 Å². The van der Waals surface area contributed by atoms with Crippen molar-refractivity contribution in [2.24, 2.45) is 4.99 Å². The van der Waals surface area contributed by atoms with Gasteiger partial charge in [0.2, 0.25) is 5.95 Å². The van der Waals surface area contributed by atoms with Crippen LogP contribution in [0.25, 0.3) is 0 Å². The van der Waals surface area contributed by atoms with Gasteiger partial charge in [-0.25, -0.2) is 5.10 Å². The quantitative estimate of drug-likeness (QED) is 0.543. The molecule has 1 aliphatic heterocycles. The Morgan fingerprint density at radius 3 is 2.81 bits per heavy atom. The van der Waals surface area contributed by atoms with Crippen LogP contribution in [0.4, 0.5) is 5.95 Å². The third-order valence-electron chi connectivity index (χ3n) is 1.66. The van der Waals surface area contributed by atoms with E-state index in [1.165, 1.54) is 18.1 Å². The van der Waals surface area contributed by atoms with Crippen LogP contribution < -0.4 is 10.6 Å². The number of rotatable bonds is 1. The van der Waals surface area contributed by atoms with Crippen molar-refractivity contribution in [2.45, 2.75) is 0 Å². The lowest BCUT2D eigenvalue weighted by molar-refractivity contribution is -0.135. The van der Waals surface area contributed by atoms with Gasteiger partial charge in [-0.3, -0.25) is 25.2 Å². The summed E-state index contributed by atoms with van der Waals surface area (Å²) in [5.41, 5.74) is 0. The van der Waals surface area contributed by atoms with Crippen LogP contribution >= 0.6 is 11.8 Å². The Bertz CT molecular complexity index is 428. The van der Waals surface area contributed by atoms with E-state index in [0.717, 1.165) is 5.75 Å². The maximum Gasteiger partial charge on any atom is 0.316 e. The molecule has 2 rings (SSSR count). The minimum absolute atomic E-state index is 0.126. The van der Waals surface area contributed by atoms with Crippen LogP contribution in [0.1, 0.15) is 0 Å². The molecule has 0 bridgehead atoms. The fraction of sp³-hybridized carbons (Fsp3) is 0.286. The Hall–Kier alpha value is -1.90. The molecule has 2 heterocycles. The molecule has 1 aliphatic rings. The molecule has 0 unspecified atom stereocenters. The number of aromatic nitrogens is 3. The summed E-state index contributed by atoms with van der Waals surface area (Å²) < 4.78 is 0. The van der Waals surface area contributed by atoms with Gasteiger partial charge in [-0.2, -0.15) is 10.1 Å². The van der Waals surface area contributed by atoms with Crippen LogP contribution in [0.5, 0.6) is 0 Å². The molecule has 0 saturated carbocycles. The van der Waals surface area contributed by atoms with Gasteiger partial charge in [-0.15, -0.1) is 0 Å². The van der Waals surface area contributed by atoms with E-state index in [4.69, 9.17) is 0 Å². The minimum atomic E-state index is -0.813. The lowest BCUT2D eigenvalue weighted by Gasteiger charge is -2.02. The standard InChI is InChI=1S/C7H8N6O2S/c14-4(11-6-9-3-10-13-6)5(15)12-7-8-1-2-16-7/h3H,1-2H2,(H,8,12,15)(H2,9,10,11,13,14). The van der Waals surface area contributed by atoms with Gasteiger partial charge in [0.25, 0.3) is 0 Å². The highest BCUT2D eigenvalue weighted by Crippen LogP contribution is 2.08. The summed E-state index contributed by atoms with van der Waals surface area (Å²) in [6, 6.07) is 0. The molecular formula is C7H8N6O2S. The molecule has 3 N–H and O–H groups in total. The van der Waals surface area contributed by atoms with Gasteiger partial charge < -0.3 is 0 Å². The van der Waals surface area contributed by atoms with Crippen molar-refractivity contribution in [3.8, 4) is 0 Å². The van der Waals surface area contributed by atoms with Crippen molar-refractivity contribution >= 4 is 34.7 Å². The second kappa shape index (κ2) is 4.75. The van der Waals surface area contributed by atoms with Gasteiger partial charge in [0.1, 0.15) is 6.33 Å². The highest BCUT2D eigenvalue weighted by Gasteiger charge is 2.18. The number of thioether (sulfide) groups is 1. The first-order valence-corrected chi connectivity index (χ1v) is 5.39. The Morgan fingerprint density at radius 2 is 2.19 bits per heavy atom. The van der Waals surface area contributed by atoms with Gasteiger partial charge in [0.05, 0.1) is 6.54 Å². The third-order valence-corrected chi connectivity index (χ3v) is 2.55. The van der Waals surface area contributed by atoms with Crippen molar-refractivity contribution in [1.82, 2.24) is 20.5 Å². The molecular weight excluding hydrogens is 232 g/mol. The zero-order valence-electron chi connectivity index (χ0n) is 8.06. The van der Waals surface area contributed by atoms with E-state index in [0.29, 0.717) is 11.7 Å². The first-order valence-electron chi connectivity index (χ1n) is 4.40. The Labute approximate surface area is 94.3 Å². The van der Waals surface area contributed by atoms with E-state index < -0.39 is 11.8 Å². The normalized spacial score (nSPS) is 14.4. The molecule has 0 spiro atoms. The first kappa shape index (κ1) is 10.6. The van der Waals surface area contributed by atoms with E-state index >= 15 is 0 Å². The molecule has 1 aromatic rings.